The first-order valence-corrected chi connectivity index (χ1v) is 9.54. The molecular formula is C21H25NO3S. The first kappa shape index (κ1) is 20.0. The van der Waals surface area contributed by atoms with Crippen LogP contribution in [0.1, 0.15) is 36.7 Å². The number of amides is 1. The van der Waals surface area contributed by atoms with Crippen molar-refractivity contribution in [3.8, 4) is 0 Å². The fraction of sp³-hybridized carbons (Fsp3) is 0.333. The summed E-state index contributed by atoms with van der Waals surface area (Å²) in [5.74, 6) is -0.243. The first-order valence-electron chi connectivity index (χ1n) is 8.55. The Morgan fingerprint density at radius 1 is 1.00 bits per heavy atom. The summed E-state index contributed by atoms with van der Waals surface area (Å²) < 4.78 is 5.41. The molecule has 1 unspecified atom stereocenters. The number of rotatable bonds is 7. The highest BCUT2D eigenvalue weighted by Crippen LogP contribution is 2.24. The number of carbonyl (C=O) groups excluding carboxylic acids is 2. The van der Waals surface area contributed by atoms with Crippen LogP contribution in [0.3, 0.4) is 0 Å². The van der Waals surface area contributed by atoms with Crippen molar-refractivity contribution >= 4 is 23.6 Å². The molecule has 2 aromatic carbocycles. The lowest BCUT2D eigenvalue weighted by atomic mass is 10.2. The zero-order chi connectivity index (χ0) is 19.0. The van der Waals surface area contributed by atoms with Gasteiger partial charge in [-0.1, -0.05) is 69.3 Å². The van der Waals surface area contributed by atoms with Crippen LogP contribution in [0.4, 0.5) is 0 Å². The van der Waals surface area contributed by atoms with E-state index in [1.54, 1.807) is 36.0 Å². The van der Waals surface area contributed by atoms with E-state index >= 15 is 0 Å². The fourth-order valence-corrected chi connectivity index (χ4v) is 3.05. The van der Waals surface area contributed by atoms with Gasteiger partial charge >= 0.3 is 5.97 Å². The van der Waals surface area contributed by atoms with Gasteiger partial charge in [-0.15, -0.1) is 0 Å². The predicted molar refractivity (Wildman–Crippen MR) is 106 cm³/mol. The smallest absolute Gasteiger partial charge is 0.329 e. The summed E-state index contributed by atoms with van der Waals surface area (Å²) in [7, 11) is 0. The van der Waals surface area contributed by atoms with E-state index in [0.717, 1.165) is 5.56 Å². The summed E-state index contributed by atoms with van der Waals surface area (Å²) in [6, 6.07) is 17.7. The van der Waals surface area contributed by atoms with Crippen LogP contribution >= 0.6 is 11.8 Å². The van der Waals surface area contributed by atoms with Crippen LogP contribution in [0.5, 0.6) is 0 Å². The standard InChI is InChI=1S/C21H25NO3S/c1-21(2,3)26-15-18(22-19(23)17-12-8-5-9-13-17)20(24)25-14-16-10-6-4-7-11-16/h4-13,18H,14-15H2,1-3H3,(H,22,23). The summed E-state index contributed by atoms with van der Waals surface area (Å²) in [6.07, 6.45) is 0. The molecule has 0 saturated heterocycles. The zero-order valence-electron chi connectivity index (χ0n) is 15.4. The number of esters is 1. The van der Waals surface area contributed by atoms with Crippen molar-refractivity contribution in [1.29, 1.82) is 0 Å². The molecule has 4 nitrogen and oxygen atoms in total. The summed E-state index contributed by atoms with van der Waals surface area (Å²) in [4.78, 5) is 25.0. The van der Waals surface area contributed by atoms with Crippen LogP contribution in [-0.4, -0.2) is 28.4 Å². The maximum absolute atomic E-state index is 12.5. The molecule has 0 aliphatic heterocycles. The molecule has 0 saturated carbocycles. The lowest BCUT2D eigenvalue weighted by Crippen LogP contribution is -2.44. The van der Waals surface area contributed by atoms with Crippen LogP contribution in [0.2, 0.25) is 0 Å². The van der Waals surface area contributed by atoms with Crippen molar-refractivity contribution in [1.82, 2.24) is 5.32 Å². The second-order valence-corrected chi connectivity index (χ2v) is 8.76. The van der Waals surface area contributed by atoms with Crippen LogP contribution in [0.25, 0.3) is 0 Å². The fourth-order valence-electron chi connectivity index (χ4n) is 2.16. The molecule has 1 amide bonds. The van der Waals surface area contributed by atoms with Gasteiger partial charge < -0.3 is 10.1 Å². The molecule has 1 atom stereocenters. The SMILES string of the molecule is CC(C)(C)SCC(NC(=O)c1ccccc1)C(=O)OCc1ccccc1. The molecule has 0 bridgehead atoms. The van der Waals surface area contributed by atoms with E-state index in [1.165, 1.54) is 0 Å². The molecule has 26 heavy (non-hydrogen) atoms. The van der Waals surface area contributed by atoms with Gasteiger partial charge in [-0.05, 0) is 17.7 Å². The lowest BCUT2D eigenvalue weighted by Gasteiger charge is -2.23. The molecule has 0 heterocycles. The van der Waals surface area contributed by atoms with Crippen LogP contribution < -0.4 is 5.32 Å². The Balaban J connectivity index is 2.02. The molecule has 0 aliphatic rings. The second-order valence-electron chi connectivity index (χ2n) is 6.91. The Morgan fingerprint density at radius 3 is 2.15 bits per heavy atom. The molecule has 0 radical (unpaired) electrons. The number of benzene rings is 2. The number of hydrogen-bond donors (Lipinski definition) is 1. The summed E-state index contributed by atoms with van der Waals surface area (Å²) >= 11 is 1.61. The zero-order valence-corrected chi connectivity index (χ0v) is 16.2. The average Bonchev–Trinajstić information content (AvgIpc) is 2.63. The highest BCUT2D eigenvalue weighted by Gasteiger charge is 2.25. The first-order chi connectivity index (χ1) is 12.3. The van der Waals surface area contributed by atoms with Crippen molar-refractivity contribution in [2.75, 3.05) is 5.75 Å². The predicted octanol–water partition coefficient (Wildman–Crippen LogP) is 4.06. The molecular weight excluding hydrogens is 346 g/mol. The van der Waals surface area contributed by atoms with Gasteiger partial charge in [0, 0.05) is 16.1 Å². The van der Waals surface area contributed by atoms with Crippen molar-refractivity contribution < 1.29 is 14.3 Å². The maximum atomic E-state index is 12.5. The van der Waals surface area contributed by atoms with Crippen LogP contribution in [0.15, 0.2) is 60.7 Å². The largest absolute Gasteiger partial charge is 0.459 e. The quantitative estimate of drug-likeness (QED) is 0.746. The third-order valence-corrected chi connectivity index (χ3v) is 4.90. The molecule has 1 N–H and O–H groups in total. The van der Waals surface area contributed by atoms with E-state index in [9.17, 15) is 9.59 Å². The Kier molecular flexibility index (Phi) is 7.27. The van der Waals surface area contributed by atoms with Gasteiger partial charge in [0.1, 0.15) is 12.6 Å². The minimum Gasteiger partial charge on any atom is -0.459 e. The van der Waals surface area contributed by atoms with Gasteiger partial charge in [-0.2, -0.15) is 11.8 Å². The van der Waals surface area contributed by atoms with Crippen molar-refractivity contribution in [2.24, 2.45) is 0 Å². The Labute approximate surface area is 159 Å². The Morgan fingerprint density at radius 2 is 1.58 bits per heavy atom. The molecule has 0 fully saturated rings. The van der Waals surface area contributed by atoms with Crippen molar-refractivity contribution in [3.63, 3.8) is 0 Å². The van der Waals surface area contributed by atoms with Gasteiger partial charge in [0.25, 0.3) is 5.91 Å². The molecule has 5 heteroatoms. The van der Waals surface area contributed by atoms with Gasteiger partial charge in [-0.3, -0.25) is 4.79 Å². The van der Waals surface area contributed by atoms with Gasteiger partial charge in [-0.25, -0.2) is 4.79 Å². The van der Waals surface area contributed by atoms with E-state index in [2.05, 4.69) is 26.1 Å². The monoisotopic (exact) mass is 371 g/mol. The lowest BCUT2D eigenvalue weighted by molar-refractivity contribution is -0.146. The van der Waals surface area contributed by atoms with E-state index in [4.69, 9.17) is 4.74 Å². The number of nitrogens with one attached hydrogen (secondary N) is 1. The average molecular weight is 372 g/mol. The summed E-state index contributed by atoms with van der Waals surface area (Å²) in [5, 5.41) is 2.81. The topological polar surface area (TPSA) is 55.4 Å². The molecule has 2 aromatic rings. The summed E-state index contributed by atoms with van der Waals surface area (Å²) in [5.41, 5.74) is 1.44. The molecule has 0 spiro atoms. The van der Waals surface area contributed by atoms with Crippen LogP contribution in [-0.2, 0) is 16.1 Å². The van der Waals surface area contributed by atoms with Crippen molar-refractivity contribution in [3.05, 3.63) is 71.8 Å². The van der Waals surface area contributed by atoms with Crippen molar-refractivity contribution in [2.45, 2.75) is 38.2 Å². The number of hydrogen-bond acceptors (Lipinski definition) is 4. The third kappa shape index (κ3) is 6.92. The number of ether oxygens (including phenoxy) is 1. The third-order valence-electron chi connectivity index (χ3n) is 3.53. The Hall–Kier alpha value is -2.27. The molecule has 138 valence electrons. The normalized spacial score (nSPS) is 12.3. The van der Waals surface area contributed by atoms with Gasteiger partial charge in [0.2, 0.25) is 0 Å². The minimum absolute atomic E-state index is 0.0184. The molecule has 2 rings (SSSR count). The number of thioether (sulfide) groups is 1. The van der Waals surface area contributed by atoms with Gasteiger partial charge in [0.15, 0.2) is 0 Å². The summed E-state index contributed by atoms with van der Waals surface area (Å²) in [6.45, 7) is 6.41. The van der Waals surface area contributed by atoms with E-state index in [1.807, 2.05) is 36.4 Å². The molecule has 0 aromatic heterocycles. The highest BCUT2D eigenvalue weighted by molar-refractivity contribution is 8.00. The van der Waals surface area contributed by atoms with Crippen LogP contribution in [0, 0.1) is 0 Å². The maximum Gasteiger partial charge on any atom is 0.329 e. The van der Waals surface area contributed by atoms with Gasteiger partial charge in [0.05, 0.1) is 0 Å². The Bertz CT molecular complexity index is 711. The van der Waals surface area contributed by atoms with E-state index < -0.39 is 12.0 Å². The molecule has 0 aliphatic carbocycles. The minimum atomic E-state index is -0.698. The second kappa shape index (κ2) is 9.43. The highest BCUT2D eigenvalue weighted by atomic mass is 32.2. The van der Waals surface area contributed by atoms with E-state index in [-0.39, 0.29) is 17.3 Å². The number of carbonyl (C=O) groups is 2. The van der Waals surface area contributed by atoms with E-state index in [0.29, 0.717) is 11.3 Å².